The number of ether oxygens (including phenoxy) is 4. The Hall–Kier alpha value is -3.90. The molecule has 0 fully saturated rings. The van der Waals surface area contributed by atoms with E-state index < -0.39 is 10.0 Å². The molecule has 0 saturated carbocycles. The number of sulfonamides is 1. The molecule has 2 aromatic carbocycles. The van der Waals surface area contributed by atoms with Crippen molar-refractivity contribution in [1.29, 1.82) is 0 Å². The van der Waals surface area contributed by atoms with E-state index in [0.717, 1.165) is 0 Å². The molecule has 0 spiro atoms. The smallest absolute Gasteiger partial charge is 0.321 e. The maximum absolute atomic E-state index is 12.8. The molecule has 0 aliphatic carbocycles. The lowest BCUT2D eigenvalue weighted by Crippen LogP contribution is -2.15. The van der Waals surface area contributed by atoms with Gasteiger partial charge in [0.05, 0.1) is 25.7 Å². The standard InChI is InChI=1S/C23H26N4O7S/c1-4-33-12-13-34-18-7-5-6-16(14-18)22(28)24-17-8-10-19(11-9-17)35(29,30)27-20-15-21(31-2)26-23(25-20)32-3/h5-11,14-15H,4,12-13H2,1-3H3,(H,24,28)(H,25,26,27). The minimum absolute atomic E-state index is 0.0190. The van der Waals surface area contributed by atoms with Gasteiger partial charge < -0.3 is 24.3 Å². The van der Waals surface area contributed by atoms with Gasteiger partial charge in [0.1, 0.15) is 12.4 Å². The predicted octanol–water partition coefficient (Wildman–Crippen LogP) is 2.96. The largest absolute Gasteiger partial charge is 0.491 e. The van der Waals surface area contributed by atoms with E-state index in [0.29, 0.717) is 36.8 Å². The van der Waals surface area contributed by atoms with Gasteiger partial charge in [0.25, 0.3) is 15.9 Å². The zero-order valence-corrected chi connectivity index (χ0v) is 20.3. The SMILES string of the molecule is CCOCCOc1cccc(C(=O)Nc2ccc(S(=O)(=O)Nc3cc(OC)nc(OC)n3)cc2)c1. The third kappa shape index (κ3) is 7.29. The number of carbonyl (C=O) groups is 1. The summed E-state index contributed by atoms with van der Waals surface area (Å²) in [5.74, 6) is 0.294. The Balaban J connectivity index is 1.66. The van der Waals surface area contributed by atoms with Crippen molar-refractivity contribution >= 4 is 27.4 Å². The molecule has 1 aromatic heterocycles. The number of anilines is 2. The monoisotopic (exact) mass is 502 g/mol. The summed E-state index contributed by atoms with van der Waals surface area (Å²) in [6, 6.07) is 13.7. The molecule has 1 heterocycles. The minimum Gasteiger partial charge on any atom is -0.491 e. The summed E-state index contributed by atoms with van der Waals surface area (Å²) >= 11 is 0. The Labute approximate surface area is 203 Å². The highest BCUT2D eigenvalue weighted by atomic mass is 32.2. The van der Waals surface area contributed by atoms with Crippen molar-refractivity contribution in [2.24, 2.45) is 0 Å². The second kappa shape index (κ2) is 12.0. The van der Waals surface area contributed by atoms with Crippen molar-refractivity contribution in [2.45, 2.75) is 11.8 Å². The van der Waals surface area contributed by atoms with Gasteiger partial charge in [-0.2, -0.15) is 9.97 Å². The van der Waals surface area contributed by atoms with Crippen molar-refractivity contribution in [2.75, 3.05) is 44.1 Å². The van der Waals surface area contributed by atoms with E-state index in [1.807, 2.05) is 6.92 Å². The van der Waals surface area contributed by atoms with E-state index in [2.05, 4.69) is 20.0 Å². The molecular formula is C23H26N4O7S. The zero-order chi connectivity index (χ0) is 25.3. The fourth-order valence-electron chi connectivity index (χ4n) is 2.86. The van der Waals surface area contributed by atoms with Crippen LogP contribution in [-0.2, 0) is 14.8 Å². The maximum Gasteiger partial charge on any atom is 0.321 e. The number of rotatable bonds is 12. The molecule has 0 unspecified atom stereocenters. The molecule has 1 amide bonds. The lowest BCUT2D eigenvalue weighted by atomic mass is 10.2. The third-order valence-electron chi connectivity index (χ3n) is 4.53. The molecule has 11 nitrogen and oxygen atoms in total. The van der Waals surface area contributed by atoms with Crippen molar-refractivity contribution in [3.8, 4) is 17.6 Å². The average Bonchev–Trinajstić information content (AvgIpc) is 2.86. The normalized spacial score (nSPS) is 10.9. The van der Waals surface area contributed by atoms with E-state index in [1.54, 1.807) is 24.3 Å². The minimum atomic E-state index is -3.97. The lowest BCUT2D eigenvalue weighted by molar-refractivity contribution is 0.102. The Morgan fingerprint density at radius 3 is 2.43 bits per heavy atom. The Kier molecular flexibility index (Phi) is 8.81. The van der Waals surface area contributed by atoms with Crippen molar-refractivity contribution in [1.82, 2.24) is 9.97 Å². The van der Waals surface area contributed by atoms with E-state index in [9.17, 15) is 13.2 Å². The molecule has 0 bridgehead atoms. The number of amides is 1. The summed E-state index contributed by atoms with van der Waals surface area (Å²) in [7, 11) is -1.23. The van der Waals surface area contributed by atoms with Gasteiger partial charge in [0.2, 0.25) is 5.88 Å². The molecule has 0 atom stereocenters. The summed E-state index contributed by atoms with van der Waals surface area (Å²) in [5.41, 5.74) is 0.811. The first-order valence-electron chi connectivity index (χ1n) is 10.6. The fourth-order valence-corrected chi connectivity index (χ4v) is 3.85. The van der Waals surface area contributed by atoms with Gasteiger partial charge in [0, 0.05) is 23.9 Å². The first-order chi connectivity index (χ1) is 16.8. The number of benzene rings is 2. The Morgan fingerprint density at radius 2 is 1.74 bits per heavy atom. The fraction of sp³-hybridized carbons (Fsp3) is 0.261. The maximum atomic E-state index is 12.8. The van der Waals surface area contributed by atoms with E-state index in [-0.39, 0.29) is 28.5 Å². The van der Waals surface area contributed by atoms with Crippen molar-refractivity contribution in [3.63, 3.8) is 0 Å². The van der Waals surface area contributed by atoms with Crippen LogP contribution in [0.2, 0.25) is 0 Å². The quantitative estimate of drug-likeness (QED) is 0.358. The number of nitrogens with one attached hydrogen (secondary N) is 2. The first kappa shape index (κ1) is 25.7. The third-order valence-corrected chi connectivity index (χ3v) is 5.90. The van der Waals surface area contributed by atoms with Crippen LogP contribution in [0.4, 0.5) is 11.5 Å². The number of carbonyl (C=O) groups excluding carboxylic acids is 1. The predicted molar refractivity (Wildman–Crippen MR) is 129 cm³/mol. The number of hydrogen-bond donors (Lipinski definition) is 2. The summed E-state index contributed by atoms with van der Waals surface area (Å²) in [6.45, 7) is 3.33. The highest BCUT2D eigenvalue weighted by molar-refractivity contribution is 7.92. The van der Waals surface area contributed by atoms with Crippen molar-refractivity contribution in [3.05, 3.63) is 60.2 Å². The number of hydrogen-bond acceptors (Lipinski definition) is 9. The molecular weight excluding hydrogens is 476 g/mol. The average molecular weight is 503 g/mol. The molecule has 186 valence electrons. The van der Waals surface area contributed by atoms with Gasteiger partial charge >= 0.3 is 6.01 Å². The molecule has 3 aromatic rings. The molecule has 2 N–H and O–H groups in total. The van der Waals surface area contributed by atoms with Gasteiger partial charge in [-0.3, -0.25) is 9.52 Å². The summed E-state index contributed by atoms with van der Waals surface area (Å²) in [5, 5.41) is 2.73. The molecule has 35 heavy (non-hydrogen) atoms. The highest BCUT2D eigenvalue weighted by Gasteiger charge is 2.17. The summed E-state index contributed by atoms with van der Waals surface area (Å²) in [4.78, 5) is 20.5. The van der Waals surface area contributed by atoms with E-state index >= 15 is 0 Å². The van der Waals surface area contributed by atoms with Crippen LogP contribution in [0.3, 0.4) is 0 Å². The number of methoxy groups -OCH3 is 2. The van der Waals surface area contributed by atoms with Gasteiger partial charge in [-0.15, -0.1) is 0 Å². The van der Waals surface area contributed by atoms with Crippen LogP contribution >= 0.6 is 0 Å². The van der Waals surface area contributed by atoms with Gasteiger partial charge in [0.15, 0.2) is 5.82 Å². The molecule has 0 saturated heterocycles. The van der Waals surface area contributed by atoms with Gasteiger partial charge in [-0.25, -0.2) is 8.42 Å². The molecule has 3 rings (SSSR count). The van der Waals surface area contributed by atoms with Crippen LogP contribution in [0.5, 0.6) is 17.6 Å². The second-order valence-corrected chi connectivity index (χ2v) is 8.62. The molecule has 0 aliphatic heterocycles. The molecule has 0 aliphatic rings. The number of nitrogens with zero attached hydrogens (tertiary/aromatic N) is 2. The highest BCUT2D eigenvalue weighted by Crippen LogP contribution is 2.22. The zero-order valence-electron chi connectivity index (χ0n) is 19.5. The molecule has 0 radical (unpaired) electrons. The van der Waals surface area contributed by atoms with E-state index in [4.69, 9.17) is 18.9 Å². The van der Waals surface area contributed by atoms with Crippen LogP contribution in [0.15, 0.2) is 59.5 Å². The topological polar surface area (TPSA) is 138 Å². The first-order valence-corrected chi connectivity index (χ1v) is 12.0. The Morgan fingerprint density at radius 1 is 0.971 bits per heavy atom. The van der Waals surface area contributed by atoms with Gasteiger partial charge in [-0.05, 0) is 49.4 Å². The molecule has 12 heteroatoms. The number of aromatic nitrogens is 2. The van der Waals surface area contributed by atoms with Gasteiger partial charge in [-0.1, -0.05) is 6.07 Å². The van der Waals surface area contributed by atoms with Crippen molar-refractivity contribution < 1.29 is 32.2 Å². The van der Waals surface area contributed by atoms with E-state index in [1.165, 1.54) is 44.6 Å². The lowest BCUT2D eigenvalue weighted by Gasteiger charge is -2.11. The Bertz CT molecular complexity index is 1230. The van der Waals surface area contributed by atoms with Crippen LogP contribution in [0.1, 0.15) is 17.3 Å². The van der Waals surface area contributed by atoms with Crippen LogP contribution in [0.25, 0.3) is 0 Å². The second-order valence-electron chi connectivity index (χ2n) is 6.94. The summed E-state index contributed by atoms with van der Waals surface area (Å²) < 4.78 is 48.6. The summed E-state index contributed by atoms with van der Waals surface area (Å²) in [6.07, 6.45) is 0. The van der Waals surface area contributed by atoms with Crippen LogP contribution in [-0.4, -0.2) is 58.3 Å². The van der Waals surface area contributed by atoms with Crippen LogP contribution in [0, 0.1) is 0 Å². The van der Waals surface area contributed by atoms with Crippen LogP contribution < -0.4 is 24.2 Å².